The Labute approximate surface area is 113 Å². The summed E-state index contributed by atoms with van der Waals surface area (Å²) >= 11 is 1.16. The number of thiazole rings is 1. The first-order valence-electron chi connectivity index (χ1n) is 5.99. The first-order chi connectivity index (χ1) is 8.99. The van der Waals surface area contributed by atoms with Crippen molar-refractivity contribution >= 4 is 34.1 Å². The van der Waals surface area contributed by atoms with Gasteiger partial charge < -0.3 is 10.4 Å². The predicted molar refractivity (Wildman–Crippen MR) is 69.2 cm³/mol. The largest absolute Gasteiger partial charge is 0.481 e. The van der Waals surface area contributed by atoms with Crippen molar-refractivity contribution in [1.29, 1.82) is 0 Å². The molecule has 0 unspecified atom stereocenters. The molecule has 1 saturated carbocycles. The van der Waals surface area contributed by atoms with Gasteiger partial charge in [0.15, 0.2) is 10.9 Å². The van der Waals surface area contributed by atoms with E-state index < -0.39 is 17.8 Å². The van der Waals surface area contributed by atoms with Crippen LogP contribution in [0.3, 0.4) is 0 Å². The van der Waals surface area contributed by atoms with Crippen LogP contribution in [0.2, 0.25) is 0 Å². The number of hydrogen-bond donors (Lipinski definition) is 2. The molecule has 0 saturated heterocycles. The zero-order valence-electron chi connectivity index (χ0n) is 10.4. The van der Waals surface area contributed by atoms with Gasteiger partial charge in [-0.2, -0.15) is 0 Å². The van der Waals surface area contributed by atoms with Crippen molar-refractivity contribution < 1.29 is 19.5 Å². The molecule has 0 spiro atoms. The Morgan fingerprint density at radius 2 is 2.05 bits per heavy atom. The fourth-order valence-corrected chi connectivity index (χ4v) is 3.01. The number of nitrogens with zero attached hydrogens (tertiary/aromatic N) is 1. The number of nitrogens with one attached hydrogen (secondary N) is 1. The van der Waals surface area contributed by atoms with Gasteiger partial charge in [0.25, 0.3) is 0 Å². The normalized spacial score (nSPS) is 22.2. The molecule has 102 valence electrons. The number of carboxylic acids is 1. The van der Waals surface area contributed by atoms with Crippen LogP contribution >= 0.6 is 11.3 Å². The summed E-state index contributed by atoms with van der Waals surface area (Å²) in [5, 5.41) is 13.5. The summed E-state index contributed by atoms with van der Waals surface area (Å²) in [6.45, 7) is 1.40. The van der Waals surface area contributed by atoms with Crippen molar-refractivity contribution in [3.05, 3.63) is 11.1 Å². The van der Waals surface area contributed by atoms with Crippen LogP contribution in [0, 0.1) is 11.8 Å². The molecule has 1 aromatic heterocycles. The second-order valence-electron chi connectivity index (χ2n) is 4.57. The Morgan fingerprint density at radius 3 is 2.63 bits per heavy atom. The number of Topliss-reactive ketones (excluding diaryl/α,β-unsaturated/α-hetero) is 1. The number of carboxylic acid groups (broad SMARTS) is 1. The Morgan fingerprint density at radius 1 is 1.37 bits per heavy atom. The Kier molecular flexibility index (Phi) is 3.94. The number of hydrogen-bond acceptors (Lipinski definition) is 5. The highest BCUT2D eigenvalue weighted by Gasteiger charge is 2.37. The van der Waals surface area contributed by atoms with Gasteiger partial charge in [-0.1, -0.05) is 6.42 Å². The molecule has 19 heavy (non-hydrogen) atoms. The highest BCUT2D eigenvalue weighted by atomic mass is 32.1. The summed E-state index contributed by atoms with van der Waals surface area (Å²) in [4.78, 5) is 38.1. The molecule has 6 nitrogen and oxygen atoms in total. The first kappa shape index (κ1) is 13.7. The van der Waals surface area contributed by atoms with Gasteiger partial charge >= 0.3 is 5.97 Å². The molecule has 0 aromatic carbocycles. The summed E-state index contributed by atoms with van der Waals surface area (Å²) < 4.78 is 0. The molecule has 1 heterocycles. The fraction of sp³-hybridized carbons (Fsp3) is 0.500. The van der Waals surface area contributed by atoms with Gasteiger partial charge in [-0.15, -0.1) is 11.3 Å². The van der Waals surface area contributed by atoms with Crippen LogP contribution in [-0.4, -0.2) is 27.8 Å². The lowest BCUT2D eigenvalue weighted by Gasteiger charge is -2.14. The summed E-state index contributed by atoms with van der Waals surface area (Å²) in [5.74, 6) is -2.55. The molecule has 2 rings (SSSR count). The van der Waals surface area contributed by atoms with Crippen LogP contribution in [0.1, 0.15) is 36.7 Å². The molecule has 0 radical (unpaired) electrons. The third kappa shape index (κ3) is 2.98. The minimum Gasteiger partial charge on any atom is -0.481 e. The SMILES string of the molecule is CC(=O)c1csc(NC(=O)[C@@H]2CCC[C@@H]2C(=O)O)n1. The van der Waals surface area contributed by atoms with Gasteiger partial charge in [-0.05, 0) is 12.8 Å². The summed E-state index contributed by atoms with van der Waals surface area (Å²) in [6, 6.07) is 0. The highest BCUT2D eigenvalue weighted by Crippen LogP contribution is 2.33. The average molecular weight is 282 g/mol. The van der Waals surface area contributed by atoms with Crippen molar-refractivity contribution in [3.63, 3.8) is 0 Å². The lowest BCUT2D eigenvalue weighted by atomic mass is 9.95. The van der Waals surface area contributed by atoms with Crippen molar-refractivity contribution in [3.8, 4) is 0 Å². The van der Waals surface area contributed by atoms with E-state index in [0.717, 1.165) is 17.8 Å². The van der Waals surface area contributed by atoms with Crippen LogP contribution in [0.4, 0.5) is 5.13 Å². The van der Waals surface area contributed by atoms with E-state index >= 15 is 0 Å². The van der Waals surface area contributed by atoms with Gasteiger partial charge in [0, 0.05) is 12.3 Å². The second kappa shape index (κ2) is 5.48. The lowest BCUT2D eigenvalue weighted by Crippen LogP contribution is -2.29. The summed E-state index contributed by atoms with van der Waals surface area (Å²) in [7, 11) is 0. The maximum Gasteiger partial charge on any atom is 0.307 e. The number of aliphatic carboxylic acids is 1. The van der Waals surface area contributed by atoms with Crippen LogP contribution in [0.25, 0.3) is 0 Å². The van der Waals surface area contributed by atoms with Gasteiger partial charge in [0.05, 0.1) is 11.8 Å². The van der Waals surface area contributed by atoms with E-state index in [1.54, 1.807) is 5.38 Å². The number of rotatable bonds is 4. The molecular weight excluding hydrogens is 268 g/mol. The van der Waals surface area contributed by atoms with Crippen LogP contribution in [0.5, 0.6) is 0 Å². The average Bonchev–Trinajstić information content (AvgIpc) is 2.96. The molecule has 1 aromatic rings. The third-order valence-electron chi connectivity index (χ3n) is 3.26. The molecule has 2 N–H and O–H groups in total. The summed E-state index contributed by atoms with van der Waals surface area (Å²) in [6.07, 6.45) is 1.85. The number of anilines is 1. The number of ketones is 1. The van der Waals surface area contributed by atoms with E-state index in [2.05, 4.69) is 10.3 Å². The molecule has 2 atom stereocenters. The molecular formula is C12H14N2O4S. The van der Waals surface area contributed by atoms with Crippen LogP contribution in [-0.2, 0) is 9.59 Å². The van der Waals surface area contributed by atoms with Gasteiger partial charge in [-0.25, -0.2) is 4.98 Å². The smallest absolute Gasteiger partial charge is 0.307 e. The number of carbonyl (C=O) groups excluding carboxylic acids is 2. The third-order valence-corrected chi connectivity index (χ3v) is 4.02. The molecule has 7 heteroatoms. The van der Waals surface area contributed by atoms with E-state index in [9.17, 15) is 14.4 Å². The standard InChI is InChI=1S/C12H14N2O4S/c1-6(15)9-5-19-12(13-9)14-10(16)7-3-2-4-8(7)11(17)18/h5,7-8H,2-4H2,1H3,(H,17,18)(H,13,14,16)/t7-,8+/m1/s1. The van der Waals surface area contributed by atoms with E-state index in [0.29, 0.717) is 23.7 Å². The van der Waals surface area contributed by atoms with Crippen molar-refractivity contribution in [2.24, 2.45) is 11.8 Å². The first-order valence-corrected chi connectivity index (χ1v) is 6.87. The summed E-state index contributed by atoms with van der Waals surface area (Å²) in [5.41, 5.74) is 0.307. The van der Waals surface area contributed by atoms with Crippen molar-refractivity contribution in [2.45, 2.75) is 26.2 Å². The van der Waals surface area contributed by atoms with Gasteiger partial charge in [0.2, 0.25) is 5.91 Å². The maximum absolute atomic E-state index is 12.0. The van der Waals surface area contributed by atoms with E-state index in [-0.39, 0.29) is 11.7 Å². The minimum absolute atomic E-state index is 0.166. The van der Waals surface area contributed by atoms with Gasteiger partial charge in [-0.3, -0.25) is 14.4 Å². The molecule has 0 bridgehead atoms. The monoisotopic (exact) mass is 282 g/mol. The van der Waals surface area contributed by atoms with E-state index in [1.807, 2.05) is 0 Å². The Balaban J connectivity index is 2.04. The van der Waals surface area contributed by atoms with E-state index in [1.165, 1.54) is 6.92 Å². The second-order valence-corrected chi connectivity index (χ2v) is 5.42. The van der Waals surface area contributed by atoms with E-state index in [4.69, 9.17) is 5.11 Å². The topological polar surface area (TPSA) is 96.4 Å². The zero-order chi connectivity index (χ0) is 14.0. The zero-order valence-corrected chi connectivity index (χ0v) is 11.2. The Bertz CT molecular complexity index is 526. The minimum atomic E-state index is -0.929. The number of amides is 1. The van der Waals surface area contributed by atoms with Crippen LogP contribution in [0.15, 0.2) is 5.38 Å². The number of aromatic nitrogens is 1. The molecule has 1 amide bonds. The Hall–Kier alpha value is -1.76. The quantitative estimate of drug-likeness (QED) is 0.821. The molecule has 1 aliphatic rings. The highest BCUT2D eigenvalue weighted by molar-refractivity contribution is 7.14. The predicted octanol–water partition coefficient (Wildman–Crippen LogP) is 1.79. The van der Waals surface area contributed by atoms with Crippen LogP contribution < -0.4 is 5.32 Å². The van der Waals surface area contributed by atoms with Crippen molar-refractivity contribution in [1.82, 2.24) is 4.98 Å². The fourth-order valence-electron chi connectivity index (χ4n) is 2.26. The molecule has 1 fully saturated rings. The lowest BCUT2D eigenvalue weighted by molar-refractivity contribution is -0.145. The molecule has 1 aliphatic carbocycles. The van der Waals surface area contributed by atoms with Gasteiger partial charge in [0.1, 0.15) is 5.69 Å². The maximum atomic E-state index is 12.0. The van der Waals surface area contributed by atoms with Crippen molar-refractivity contribution in [2.75, 3.05) is 5.32 Å². The molecule has 0 aliphatic heterocycles. The number of carbonyl (C=O) groups is 3.